The summed E-state index contributed by atoms with van der Waals surface area (Å²) >= 11 is 0. The number of rotatable bonds is 5. The summed E-state index contributed by atoms with van der Waals surface area (Å²) < 4.78 is 5.24. The van der Waals surface area contributed by atoms with E-state index in [1.165, 1.54) is 31.7 Å². The first-order chi connectivity index (χ1) is 12.6. The molecule has 0 aromatic heterocycles. The van der Waals surface area contributed by atoms with E-state index in [1.807, 2.05) is 17.0 Å². The minimum absolute atomic E-state index is 0.0256. The number of carbonyl (C=O) groups excluding carboxylic acids is 2. The molecule has 2 saturated heterocycles. The number of fused-ring (bicyclic) bond motifs is 1. The Labute approximate surface area is 155 Å². The van der Waals surface area contributed by atoms with Crippen molar-refractivity contribution in [3.8, 4) is 5.75 Å². The zero-order valence-electron chi connectivity index (χ0n) is 15.7. The van der Waals surface area contributed by atoms with Crippen LogP contribution in [-0.4, -0.2) is 60.9 Å². The van der Waals surface area contributed by atoms with Crippen LogP contribution >= 0.6 is 0 Å². The predicted molar refractivity (Wildman–Crippen MR) is 99.8 cm³/mol. The lowest BCUT2D eigenvalue weighted by atomic mass is 9.98. The molecule has 0 unspecified atom stereocenters. The van der Waals surface area contributed by atoms with Gasteiger partial charge in [-0.1, -0.05) is 18.6 Å². The highest BCUT2D eigenvalue weighted by atomic mass is 16.5. The Hall–Kier alpha value is -2.08. The third-order valence-electron chi connectivity index (χ3n) is 5.53. The number of carbonyl (C=O) groups is 2. The van der Waals surface area contributed by atoms with Crippen molar-refractivity contribution in [1.82, 2.24) is 15.1 Å². The fourth-order valence-corrected chi connectivity index (χ4v) is 4.12. The minimum Gasteiger partial charge on any atom is -0.497 e. The van der Waals surface area contributed by atoms with E-state index in [2.05, 4.69) is 22.3 Å². The summed E-state index contributed by atoms with van der Waals surface area (Å²) in [5, 5.41) is 2.62. The highest BCUT2D eigenvalue weighted by Crippen LogP contribution is 2.31. The van der Waals surface area contributed by atoms with E-state index >= 15 is 0 Å². The van der Waals surface area contributed by atoms with Crippen LogP contribution < -0.4 is 10.1 Å². The molecule has 2 heterocycles. The molecule has 6 heteroatoms. The lowest BCUT2D eigenvalue weighted by Crippen LogP contribution is -2.42. The van der Waals surface area contributed by atoms with Crippen LogP contribution in [0.3, 0.4) is 0 Å². The molecule has 2 atom stereocenters. The van der Waals surface area contributed by atoms with Gasteiger partial charge in [0, 0.05) is 32.6 Å². The second-order valence-electron chi connectivity index (χ2n) is 7.35. The highest BCUT2D eigenvalue weighted by molar-refractivity contribution is 5.83. The number of hydrogen-bond acceptors (Lipinski definition) is 4. The maximum atomic E-state index is 12.4. The van der Waals surface area contributed by atoms with Crippen molar-refractivity contribution in [2.75, 3.05) is 33.3 Å². The van der Waals surface area contributed by atoms with Crippen molar-refractivity contribution in [3.05, 3.63) is 29.8 Å². The number of nitrogens with zero attached hydrogens (tertiary/aromatic N) is 2. The van der Waals surface area contributed by atoms with Gasteiger partial charge in [-0.2, -0.15) is 0 Å². The standard InChI is InChI=1S/C20H29N3O3/c1-15(24)21-11-20(25)23-13-17-5-3-4-10-22(19(17)14-23)12-16-6-8-18(26-2)9-7-16/h6-9,17,19H,3-5,10-14H2,1-2H3,(H,21,24)/t17-,19+/m0/s1. The molecule has 26 heavy (non-hydrogen) atoms. The van der Waals surface area contributed by atoms with E-state index in [-0.39, 0.29) is 18.4 Å². The summed E-state index contributed by atoms with van der Waals surface area (Å²) in [5.41, 5.74) is 1.27. The Kier molecular flexibility index (Phi) is 6.14. The summed E-state index contributed by atoms with van der Waals surface area (Å²) in [7, 11) is 1.68. The van der Waals surface area contributed by atoms with E-state index in [9.17, 15) is 9.59 Å². The molecule has 142 valence electrons. The number of methoxy groups -OCH3 is 1. The molecule has 0 bridgehead atoms. The molecule has 0 spiro atoms. The molecule has 0 saturated carbocycles. The van der Waals surface area contributed by atoms with Gasteiger partial charge in [0.1, 0.15) is 5.75 Å². The number of amides is 2. The normalized spacial score (nSPS) is 23.2. The maximum Gasteiger partial charge on any atom is 0.242 e. The van der Waals surface area contributed by atoms with Crippen LogP contribution in [0.4, 0.5) is 0 Å². The first kappa shape index (κ1) is 18.7. The van der Waals surface area contributed by atoms with Crippen LogP contribution in [0.25, 0.3) is 0 Å². The van der Waals surface area contributed by atoms with Gasteiger partial charge >= 0.3 is 0 Å². The fourth-order valence-electron chi connectivity index (χ4n) is 4.12. The molecule has 0 radical (unpaired) electrons. The number of likely N-dealkylation sites (tertiary alicyclic amines) is 2. The molecule has 3 rings (SSSR count). The van der Waals surface area contributed by atoms with Gasteiger partial charge in [0.2, 0.25) is 11.8 Å². The molecule has 6 nitrogen and oxygen atoms in total. The van der Waals surface area contributed by atoms with Gasteiger partial charge in [-0.3, -0.25) is 14.5 Å². The van der Waals surface area contributed by atoms with Gasteiger partial charge in [-0.25, -0.2) is 0 Å². The smallest absolute Gasteiger partial charge is 0.242 e. The van der Waals surface area contributed by atoms with Crippen LogP contribution in [0.15, 0.2) is 24.3 Å². The van der Waals surface area contributed by atoms with Gasteiger partial charge in [0.25, 0.3) is 0 Å². The van der Waals surface area contributed by atoms with E-state index < -0.39 is 0 Å². The van der Waals surface area contributed by atoms with Crippen molar-refractivity contribution in [2.24, 2.45) is 5.92 Å². The van der Waals surface area contributed by atoms with E-state index in [1.54, 1.807) is 7.11 Å². The van der Waals surface area contributed by atoms with Crippen LogP contribution in [0.2, 0.25) is 0 Å². The number of ether oxygens (including phenoxy) is 1. The summed E-state index contributed by atoms with van der Waals surface area (Å²) in [6.07, 6.45) is 3.60. The number of hydrogen-bond donors (Lipinski definition) is 1. The number of nitrogens with one attached hydrogen (secondary N) is 1. The summed E-state index contributed by atoms with van der Waals surface area (Å²) in [5.74, 6) is 1.26. The lowest BCUT2D eigenvalue weighted by Gasteiger charge is -2.30. The van der Waals surface area contributed by atoms with Gasteiger partial charge < -0.3 is 15.0 Å². The summed E-state index contributed by atoms with van der Waals surface area (Å²) in [6.45, 7) is 5.09. The van der Waals surface area contributed by atoms with Gasteiger partial charge in [0.05, 0.1) is 13.7 Å². The average Bonchev–Trinajstić information content (AvgIpc) is 2.98. The summed E-state index contributed by atoms with van der Waals surface area (Å²) in [4.78, 5) is 27.9. The maximum absolute atomic E-state index is 12.4. The van der Waals surface area contributed by atoms with Gasteiger partial charge in [0.15, 0.2) is 0 Å². The molecule has 2 amide bonds. The molecule has 1 aromatic rings. The predicted octanol–water partition coefficient (Wildman–Crippen LogP) is 1.64. The third-order valence-corrected chi connectivity index (χ3v) is 5.53. The monoisotopic (exact) mass is 359 g/mol. The van der Waals surface area contributed by atoms with Crippen molar-refractivity contribution in [1.29, 1.82) is 0 Å². The molecule has 1 N–H and O–H groups in total. The fraction of sp³-hybridized carbons (Fsp3) is 0.600. The van der Waals surface area contributed by atoms with Crippen molar-refractivity contribution in [2.45, 2.75) is 38.8 Å². The quantitative estimate of drug-likeness (QED) is 0.868. The molecule has 0 aliphatic carbocycles. The Balaban J connectivity index is 1.64. The highest BCUT2D eigenvalue weighted by Gasteiger charge is 2.39. The van der Waals surface area contributed by atoms with Crippen LogP contribution in [0.5, 0.6) is 5.75 Å². The topological polar surface area (TPSA) is 61.9 Å². The van der Waals surface area contributed by atoms with Crippen LogP contribution in [0, 0.1) is 5.92 Å². The minimum atomic E-state index is -0.159. The van der Waals surface area contributed by atoms with Crippen LogP contribution in [0.1, 0.15) is 31.7 Å². The van der Waals surface area contributed by atoms with Crippen molar-refractivity contribution < 1.29 is 14.3 Å². The summed E-state index contributed by atoms with van der Waals surface area (Å²) in [6, 6.07) is 8.65. The lowest BCUT2D eigenvalue weighted by molar-refractivity contribution is -0.131. The van der Waals surface area contributed by atoms with Crippen LogP contribution in [-0.2, 0) is 16.1 Å². The molecule has 2 fully saturated rings. The first-order valence-electron chi connectivity index (χ1n) is 9.46. The third kappa shape index (κ3) is 4.55. The molecule has 2 aliphatic heterocycles. The zero-order chi connectivity index (χ0) is 18.5. The van der Waals surface area contributed by atoms with E-state index in [0.717, 1.165) is 31.9 Å². The molecule has 1 aromatic carbocycles. The Morgan fingerprint density at radius 3 is 2.65 bits per heavy atom. The SMILES string of the molecule is COc1ccc(CN2CCCC[C@H]3CN(C(=O)CNC(C)=O)C[C@H]32)cc1. The average molecular weight is 359 g/mol. The first-order valence-corrected chi connectivity index (χ1v) is 9.46. The largest absolute Gasteiger partial charge is 0.497 e. The van der Waals surface area contributed by atoms with E-state index in [4.69, 9.17) is 4.74 Å². The Morgan fingerprint density at radius 2 is 1.96 bits per heavy atom. The second kappa shape index (κ2) is 8.54. The molecular formula is C20H29N3O3. The Bertz CT molecular complexity index is 632. The van der Waals surface area contributed by atoms with Gasteiger partial charge in [-0.05, 0) is 43.0 Å². The zero-order valence-corrected chi connectivity index (χ0v) is 15.7. The van der Waals surface area contributed by atoms with E-state index in [0.29, 0.717) is 12.0 Å². The Morgan fingerprint density at radius 1 is 1.19 bits per heavy atom. The number of benzene rings is 1. The van der Waals surface area contributed by atoms with Gasteiger partial charge in [-0.15, -0.1) is 0 Å². The van der Waals surface area contributed by atoms with Crippen molar-refractivity contribution in [3.63, 3.8) is 0 Å². The van der Waals surface area contributed by atoms with Crippen molar-refractivity contribution >= 4 is 11.8 Å². The molecule has 2 aliphatic rings. The second-order valence-corrected chi connectivity index (χ2v) is 7.35. The molecular weight excluding hydrogens is 330 g/mol.